The van der Waals surface area contributed by atoms with E-state index in [9.17, 15) is 4.79 Å². The van der Waals surface area contributed by atoms with Crippen molar-refractivity contribution < 1.29 is 9.53 Å². The molecule has 0 saturated carbocycles. The van der Waals surface area contributed by atoms with Gasteiger partial charge in [0.05, 0.1) is 11.5 Å². The fourth-order valence-electron chi connectivity index (χ4n) is 5.90. The average Bonchev–Trinajstić information content (AvgIpc) is 3.29. The van der Waals surface area contributed by atoms with Crippen LogP contribution in [-0.4, -0.2) is 23.6 Å². The van der Waals surface area contributed by atoms with Crippen molar-refractivity contribution in [3.05, 3.63) is 90.0 Å². The molecule has 1 N–H and O–H groups in total. The summed E-state index contributed by atoms with van der Waals surface area (Å²) >= 11 is 0. The molecule has 4 atom stereocenters. The summed E-state index contributed by atoms with van der Waals surface area (Å²) in [5.41, 5.74) is 3.16. The molecule has 3 aliphatic rings. The summed E-state index contributed by atoms with van der Waals surface area (Å²) in [6, 6.07) is 26.7. The van der Waals surface area contributed by atoms with Crippen LogP contribution in [0.15, 0.2) is 78.9 Å². The second kappa shape index (κ2) is 5.88. The zero-order valence-electron chi connectivity index (χ0n) is 17.1. The first-order chi connectivity index (χ1) is 14.5. The van der Waals surface area contributed by atoms with Gasteiger partial charge in [-0.2, -0.15) is 0 Å². The third kappa shape index (κ3) is 2.03. The van der Waals surface area contributed by atoms with Crippen molar-refractivity contribution in [2.24, 2.45) is 0 Å². The third-order valence-electron chi connectivity index (χ3n) is 7.22. The Kier molecular flexibility index (Phi) is 3.45. The number of nitrogens with one attached hydrogen (secondary N) is 1. The molecule has 4 nitrogen and oxygen atoms in total. The number of Topliss-reactive ketones (excluding diaryl/α,β-unsaturated/α-hetero) is 1. The van der Waals surface area contributed by atoms with Gasteiger partial charge in [-0.25, -0.2) is 0 Å². The second-order valence-electron chi connectivity index (χ2n) is 8.89. The van der Waals surface area contributed by atoms with Crippen LogP contribution in [0.25, 0.3) is 0 Å². The van der Waals surface area contributed by atoms with Gasteiger partial charge in [-0.05, 0) is 44.2 Å². The Bertz CT molecular complexity index is 1150. The van der Waals surface area contributed by atoms with E-state index in [2.05, 4.69) is 54.4 Å². The van der Waals surface area contributed by atoms with Crippen LogP contribution in [0.5, 0.6) is 5.75 Å². The van der Waals surface area contributed by atoms with Crippen molar-refractivity contribution in [2.75, 3.05) is 10.2 Å². The van der Waals surface area contributed by atoms with Crippen LogP contribution in [-0.2, 0) is 10.2 Å². The highest BCUT2D eigenvalue weighted by molar-refractivity contribution is 6.02. The van der Waals surface area contributed by atoms with Gasteiger partial charge in [0.15, 0.2) is 11.9 Å². The zero-order chi connectivity index (χ0) is 20.5. The van der Waals surface area contributed by atoms with E-state index < -0.39 is 5.66 Å². The molecule has 150 valence electrons. The van der Waals surface area contributed by atoms with Crippen molar-refractivity contribution in [2.45, 2.75) is 43.5 Å². The molecular formula is C26H24N2O2. The number of fused-ring (bicyclic) bond motifs is 7. The van der Waals surface area contributed by atoms with Gasteiger partial charge in [0.1, 0.15) is 5.75 Å². The summed E-state index contributed by atoms with van der Waals surface area (Å²) in [7, 11) is 0. The van der Waals surface area contributed by atoms with Crippen LogP contribution >= 0.6 is 0 Å². The standard InChI is InChI=1S/C26H24N2O2/c1-17-13-14-21-20(15-17)25(2)22-16-23(29)26(24(25)30-21,27-18-9-5-3-6-10-18)28(22)19-11-7-4-8-12-19/h3-15,22,24,27H,16H2,1-2H3/t22-,24+,25+,26+/m0/s1. The highest BCUT2D eigenvalue weighted by atomic mass is 16.5. The van der Waals surface area contributed by atoms with Gasteiger partial charge >= 0.3 is 0 Å². The molecule has 0 radical (unpaired) electrons. The lowest BCUT2D eigenvalue weighted by atomic mass is 9.67. The first-order valence-corrected chi connectivity index (χ1v) is 10.5. The lowest BCUT2D eigenvalue weighted by molar-refractivity contribution is -0.125. The Morgan fingerprint density at radius 3 is 2.43 bits per heavy atom. The Balaban J connectivity index is 1.59. The summed E-state index contributed by atoms with van der Waals surface area (Å²) < 4.78 is 6.60. The van der Waals surface area contributed by atoms with Crippen LogP contribution in [0.2, 0.25) is 0 Å². The van der Waals surface area contributed by atoms with Gasteiger partial charge in [0.25, 0.3) is 0 Å². The lowest BCUT2D eigenvalue weighted by Gasteiger charge is -2.40. The number of carbonyl (C=O) groups excluding carboxylic acids is 1. The molecule has 0 aromatic heterocycles. The smallest absolute Gasteiger partial charge is 0.210 e. The number of ether oxygens (including phenoxy) is 1. The molecule has 2 bridgehead atoms. The van der Waals surface area contributed by atoms with E-state index in [0.29, 0.717) is 6.42 Å². The SMILES string of the molecule is Cc1ccc2c(c1)[C@]1(C)[C@@H]3CC(=O)[C@](Nc4ccccc4)([C@@H]1O2)N3c1ccccc1. The molecule has 4 heteroatoms. The summed E-state index contributed by atoms with van der Waals surface area (Å²) in [5.74, 6) is 1.09. The molecular weight excluding hydrogens is 372 g/mol. The van der Waals surface area contributed by atoms with Crippen molar-refractivity contribution in [1.29, 1.82) is 0 Å². The normalized spacial score (nSPS) is 30.7. The summed E-state index contributed by atoms with van der Waals surface area (Å²) in [6.07, 6.45) is 0.187. The lowest BCUT2D eigenvalue weighted by Crippen LogP contribution is -2.63. The minimum atomic E-state index is -0.949. The minimum absolute atomic E-state index is 0.0247. The topological polar surface area (TPSA) is 41.6 Å². The van der Waals surface area contributed by atoms with Crippen molar-refractivity contribution in [3.8, 4) is 5.75 Å². The Labute approximate surface area is 176 Å². The second-order valence-corrected chi connectivity index (χ2v) is 8.89. The fourth-order valence-corrected chi connectivity index (χ4v) is 5.90. The number of benzene rings is 3. The Hall–Kier alpha value is -3.27. The van der Waals surface area contributed by atoms with Crippen molar-refractivity contribution in [1.82, 2.24) is 0 Å². The fraction of sp³-hybridized carbons (Fsp3) is 0.269. The van der Waals surface area contributed by atoms with Gasteiger partial charge in [0.2, 0.25) is 5.66 Å². The van der Waals surface area contributed by atoms with E-state index >= 15 is 0 Å². The minimum Gasteiger partial charge on any atom is -0.484 e. The predicted molar refractivity (Wildman–Crippen MR) is 118 cm³/mol. The van der Waals surface area contributed by atoms with Crippen molar-refractivity contribution in [3.63, 3.8) is 0 Å². The van der Waals surface area contributed by atoms with E-state index in [1.54, 1.807) is 0 Å². The Morgan fingerprint density at radius 1 is 1.00 bits per heavy atom. The molecule has 0 amide bonds. The maximum Gasteiger partial charge on any atom is 0.210 e. The van der Waals surface area contributed by atoms with Crippen LogP contribution in [0, 0.1) is 6.92 Å². The highest BCUT2D eigenvalue weighted by Gasteiger charge is 2.77. The van der Waals surface area contributed by atoms with Gasteiger partial charge in [-0.3, -0.25) is 4.79 Å². The first-order valence-electron chi connectivity index (χ1n) is 10.5. The molecule has 2 fully saturated rings. The summed E-state index contributed by atoms with van der Waals surface area (Å²) in [5, 5.41) is 3.64. The van der Waals surface area contributed by atoms with Crippen LogP contribution in [0.3, 0.4) is 0 Å². The van der Waals surface area contributed by atoms with Crippen LogP contribution in [0.4, 0.5) is 11.4 Å². The molecule has 3 aromatic carbocycles. The number of anilines is 2. The monoisotopic (exact) mass is 396 g/mol. The largest absolute Gasteiger partial charge is 0.484 e. The van der Waals surface area contributed by atoms with Gasteiger partial charge in [-0.1, -0.05) is 54.1 Å². The molecule has 0 aliphatic carbocycles. The summed E-state index contributed by atoms with van der Waals surface area (Å²) in [4.78, 5) is 16.0. The predicted octanol–water partition coefficient (Wildman–Crippen LogP) is 4.68. The molecule has 3 aliphatic heterocycles. The number of hydrogen-bond donors (Lipinski definition) is 1. The van der Waals surface area contributed by atoms with Crippen molar-refractivity contribution >= 4 is 17.2 Å². The van der Waals surface area contributed by atoms with Gasteiger partial charge in [0, 0.05) is 23.4 Å². The van der Waals surface area contributed by atoms with Crippen LogP contribution in [0.1, 0.15) is 24.5 Å². The van der Waals surface area contributed by atoms with Gasteiger partial charge < -0.3 is 15.0 Å². The van der Waals surface area contributed by atoms with E-state index in [1.165, 1.54) is 11.1 Å². The molecule has 0 spiro atoms. The number of aryl methyl sites for hydroxylation is 1. The van der Waals surface area contributed by atoms with Gasteiger partial charge in [-0.15, -0.1) is 0 Å². The molecule has 30 heavy (non-hydrogen) atoms. The quantitative estimate of drug-likeness (QED) is 0.698. The number of hydrogen-bond acceptors (Lipinski definition) is 4. The maximum absolute atomic E-state index is 13.7. The number of carbonyl (C=O) groups is 1. The number of ketones is 1. The summed E-state index contributed by atoms with van der Waals surface area (Å²) in [6.45, 7) is 4.38. The number of nitrogens with zero attached hydrogens (tertiary/aromatic N) is 1. The zero-order valence-corrected chi connectivity index (χ0v) is 17.1. The van der Waals surface area contributed by atoms with E-state index in [1.807, 2.05) is 48.5 Å². The third-order valence-corrected chi connectivity index (χ3v) is 7.22. The van der Waals surface area contributed by atoms with Crippen LogP contribution < -0.4 is 15.0 Å². The van der Waals surface area contributed by atoms with E-state index in [-0.39, 0.29) is 23.3 Å². The molecule has 6 rings (SSSR count). The molecule has 3 heterocycles. The van der Waals surface area contributed by atoms with E-state index in [0.717, 1.165) is 17.1 Å². The first kappa shape index (κ1) is 17.6. The molecule has 3 aromatic rings. The Morgan fingerprint density at radius 2 is 1.70 bits per heavy atom. The molecule has 2 saturated heterocycles. The molecule has 0 unspecified atom stereocenters. The van der Waals surface area contributed by atoms with E-state index in [4.69, 9.17) is 4.74 Å². The number of para-hydroxylation sites is 2. The number of rotatable bonds is 3. The average molecular weight is 396 g/mol. The highest BCUT2D eigenvalue weighted by Crippen LogP contribution is 2.62. The maximum atomic E-state index is 13.7.